The van der Waals surface area contributed by atoms with E-state index in [1.807, 2.05) is 0 Å². The maximum absolute atomic E-state index is 5.18. The summed E-state index contributed by atoms with van der Waals surface area (Å²) >= 11 is 0. The van der Waals surface area contributed by atoms with Crippen LogP contribution in [-0.2, 0) is 4.74 Å². The lowest BCUT2D eigenvalue weighted by molar-refractivity contribution is 0.190. The van der Waals surface area contributed by atoms with Gasteiger partial charge in [-0.25, -0.2) is 0 Å². The van der Waals surface area contributed by atoms with Crippen molar-refractivity contribution in [3.05, 3.63) is 35.4 Å². The molecule has 2 rings (SSSR count). The Morgan fingerprint density at radius 3 is 2.78 bits per heavy atom. The molecule has 0 radical (unpaired) electrons. The van der Waals surface area contributed by atoms with Crippen LogP contribution in [0.5, 0.6) is 0 Å². The van der Waals surface area contributed by atoms with Gasteiger partial charge in [-0.2, -0.15) is 0 Å². The minimum Gasteiger partial charge on any atom is -0.385 e. The predicted molar refractivity (Wildman–Crippen MR) is 76.1 cm³/mol. The first-order valence-electron chi connectivity index (χ1n) is 7.09. The summed E-state index contributed by atoms with van der Waals surface area (Å²) in [4.78, 5) is 0. The van der Waals surface area contributed by atoms with Crippen LogP contribution in [-0.4, -0.2) is 26.3 Å². The van der Waals surface area contributed by atoms with Crippen LogP contribution in [0, 0.1) is 6.92 Å². The second-order valence-corrected chi connectivity index (χ2v) is 5.37. The maximum atomic E-state index is 5.18. The highest BCUT2D eigenvalue weighted by molar-refractivity contribution is 5.29. The van der Waals surface area contributed by atoms with Crippen molar-refractivity contribution in [2.24, 2.45) is 0 Å². The van der Waals surface area contributed by atoms with Gasteiger partial charge in [0.15, 0.2) is 0 Å². The van der Waals surface area contributed by atoms with Gasteiger partial charge in [-0.05, 0) is 49.7 Å². The Kier molecular flexibility index (Phi) is 5.21. The first-order chi connectivity index (χ1) is 8.81. The quantitative estimate of drug-likeness (QED) is 0.712. The SMILES string of the molecule is COCCCC(CNC1CC1)c1ccccc1C. The molecule has 0 aromatic heterocycles. The van der Waals surface area contributed by atoms with E-state index in [0.717, 1.165) is 25.6 Å². The van der Waals surface area contributed by atoms with Crippen LogP contribution in [0.4, 0.5) is 0 Å². The lowest BCUT2D eigenvalue weighted by atomic mass is 9.91. The summed E-state index contributed by atoms with van der Waals surface area (Å²) in [6, 6.07) is 9.57. The Balaban J connectivity index is 1.95. The molecule has 1 atom stereocenters. The number of ether oxygens (including phenoxy) is 1. The molecule has 1 aromatic carbocycles. The molecule has 1 aromatic rings. The van der Waals surface area contributed by atoms with Gasteiger partial charge < -0.3 is 10.1 Å². The third-order valence-corrected chi connectivity index (χ3v) is 3.76. The summed E-state index contributed by atoms with van der Waals surface area (Å²) in [5, 5.41) is 3.67. The Hall–Kier alpha value is -0.860. The Morgan fingerprint density at radius 1 is 1.33 bits per heavy atom. The number of hydrogen-bond donors (Lipinski definition) is 1. The zero-order valence-electron chi connectivity index (χ0n) is 11.6. The lowest BCUT2D eigenvalue weighted by Gasteiger charge is -2.20. The van der Waals surface area contributed by atoms with Crippen molar-refractivity contribution in [3.8, 4) is 0 Å². The molecule has 1 aliphatic carbocycles. The molecule has 1 N–H and O–H groups in total. The van der Waals surface area contributed by atoms with Crippen molar-refractivity contribution in [2.45, 2.75) is 44.6 Å². The monoisotopic (exact) mass is 247 g/mol. The fourth-order valence-corrected chi connectivity index (χ4v) is 2.48. The third kappa shape index (κ3) is 4.11. The molecule has 0 saturated heterocycles. The van der Waals surface area contributed by atoms with Crippen LogP contribution in [0.15, 0.2) is 24.3 Å². The molecule has 1 unspecified atom stereocenters. The van der Waals surface area contributed by atoms with E-state index in [-0.39, 0.29) is 0 Å². The van der Waals surface area contributed by atoms with Crippen LogP contribution in [0.25, 0.3) is 0 Å². The summed E-state index contributed by atoms with van der Waals surface area (Å²) in [7, 11) is 1.78. The highest BCUT2D eigenvalue weighted by atomic mass is 16.5. The van der Waals surface area contributed by atoms with Gasteiger partial charge in [-0.15, -0.1) is 0 Å². The first kappa shape index (κ1) is 13.6. The molecule has 100 valence electrons. The molecular weight excluding hydrogens is 222 g/mol. The fraction of sp³-hybridized carbons (Fsp3) is 0.625. The van der Waals surface area contributed by atoms with Gasteiger partial charge in [0, 0.05) is 26.3 Å². The van der Waals surface area contributed by atoms with Gasteiger partial charge in [0.1, 0.15) is 0 Å². The zero-order valence-corrected chi connectivity index (χ0v) is 11.6. The summed E-state index contributed by atoms with van der Waals surface area (Å²) in [6.07, 6.45) is 5.07. The van der Waals surface area contributed by atoms with E-state index in [4.69, 9.17) is 4.74 Å². The molecular formula is C16H25NO. The van der Waals surface area contributed by atoms with Crippen LogP contribution in [0.2, 0.25) is 0 Å². The van der Waals surface area contributed by atoms with E-state index < -0.39 is 0 Å². The Morgan fingerprint density at radius 2 is 2.11 bits per heavy atom. The van der Waals surface area contributed by atoms with Gasteiger partial charge in [-0.1, -0.05) is 24.3 Å². The number of hydrogen-bond acceptors (Lipinski definition) is 2. The Bertz CT molecular complexity index is 360. The Labute approximate surface area is 111 Å². The standard InChI is InChI=1S/C16H25NO/c1-13-6-3-4-8-16(13)14(7-5-11-18-2)12-17-15-9-10-15/h3-4,6,8,14-15,17H,5,7,9-12H2,1-2H3. The summed E-state index contributed by atoms with van der Waals surface area (Å²) < 4.78 is 5.18. The smallest absolute Gasteiger partial charge is 0.0462 e. The van der Waals surface area contributed by atoms with Crippen LogP contribution in [0.1, 0.15) is 42.7 Å². The normalized spacial score (nSPS) is 16.8. The maximum Gasteiger partial charge on any atom is 0.0462 e. The third-order valence-electron chi connectivity index (χ3n) is 3.76. The van der Waals surface area contributed by atoms with Crippen molar-refractivity contribution in [3.63, 3.8) is 0 Å². The van der Waals surface area contributed by atoms with Crippen LogP contribution >= 0.6 is 0 Å². The van der Waals surface area contributed by atoms with Crippen molar-refractivity contribution >= 4 is 0 Å². The number of rotatable bonds is 8. The number of aryl methyl sites for hydroxylation is 1. The molecule has 2 nitrogen and oxygen atoms in total. The van der Waals surface area contributed by atoms with Crippen molar-refractivity contribution in [1.82, 2.24) is 5.32 Å². The number of benzene rings is 1. The number of nitrogens with one attached hydrogen (secondary N) is 1. The highest BCUT2D eigenvalue weighted by Gasteiger charge is 2.22. The largest absolute Gasteiger partial charge is 0.385 e. The molecule has 1 fully saturated rings. The second-order valence-electron chi connectivity index (χ2n) is 5.37. The van der Waals surface area contributed by atoms with Crippen molar-refractivity contribution < 1.29 is 4.74 Å². The molecule has 2 heteroatoms. The molecule has 0 aliphatic heterocycles. The van der Waals surface area contributed by atoms with Crippen LogP contribution < -0.4 is 5.32 Å². The topological polar surface area (TPSA) is 21.3 Å². The summed E-state index contributed by atoms with van der Waals surface area (Å²) in [5.41, 5.74) is 2.92. The summed E-state index contributed by atoms with van der Waals surface area (Å²) in [6.45, 7) is 4.20. The minimum absolute atomic E-state index is 0.627. The fourth-order valence-electron chi connectivity index (χ4n) is 2.48. The van der Waals surface area contributed by atoms with Gasteiger partial charge in [0.25, 0.3) is 0 Å². The molecule has 1 aliphatic rings. The van der Waals surface area contributed by atoms with Crippen molar-refractivity contribution in [2.75, 3.05) is 20.3 Å². The molecule has 0 amide bonds. The van der Waals surface area contributed by atoms with Gasteiger partial charge in [-0.3, -0.25) is 0 Å². The lowest BCUT2D eigenvalue weighted by Crippen LogP contribution is -2.24. The zero-order chi connectivity index (χ0) is 12.8. The predicted octanol–water partition coefficient (Wildman–Crippen LogP) is 3.26. The number of methoxy groups -OCH3 is 1. The molecule has 1 saturated carbocycles. The highest BCUT2D eigenvalue weighted by Crippen LogP contribution is 2.26. The first-order valence-corrected chi connectivity index (χ1v) is 7.09. The summed E-state index contributed by atoms with van der Waals surface area (Å²) in [5.74, 6) is 0.627. The van der Waals surface area contributed by atoms with Gasteiger partial charge >= 0.3 is 0 Å². The van der Waals surface area contributed by atoms with E-state index in [9.17, 15) is 0 Å². The van der Waals surface area contributed by atoms with E-state index in [0.29, 0.717) is 5.92 Å². The molecule has 0 bridgehead atoms. The molecule has 0 spiro atoms. The second kappa shape index (κ2) is 6.91. The molecule has 0 heterocycles. The van der Waals surface area contributed by atoms with Gasteiger partial charge in [0.05, 0.1) is 0 Å². The van der Waals surface area contributed by atoms with E-state index in [1.165, 1.54) is 30.4 Å². The van der Waals surface area contributed by atoms with E-state index in [1.54, 1.807) is 7.11 Å². The molecule has 18 heavy (non-hydrogen) atoms. The average Bonchev–Trinajstić information content (AvgIpc) is 3.19. The average molecular weight is 247 g/mol. The van der Waals surface area contributed by atoms with Crippen LogP contribution in [0.3, 0.4) is 0 Å². The van der Waals surface area contributed by atoms with Crippen molar-refractivity contribution in [1.29, 1.82) is 0 Å². The van der Waals surface area contributed by atoms with Gasteiger partial charge in [0.2, 0.25) is 0 Å². The van der Waals surface area contributed by atoms with E-state index in [2.05, 4.69) is 36.5 Å². The van der Waals surface area contributed by atoms with E-state index >= 15 is 0 Å². The minimum atomic E-state index is 0.627.